The van der Waals surface area contributed by atoms with Gasteiger partial charge in [0, 0.05) is 0 Å². The molecule has 228 valence electrons. The molecule has 15 heteroatoms. The van der Waals surface area contributed by atoms with Crippen molar-refractivity contribution >= 4 is 30.3 Å². The average molecular weight is 589 g/mol. The number of carboxylic acid groups (broad SMARTS) is 2. The molecule has 0 heterocycles. The molecule has 6 N–H and O–H groups in total. The molecular formula is C25H45N2NaO12. The summed E-state index contributed by atoms with van der Waals surface area (Å²) in [5.41, 5.74) is 3.23. The Bertz CT molecular complexity index is 812. The van der Waals surface area contributed by atoms with E-state index in [4.69, 9.17) is 30.2 Å². The molecule has 2 aliphatic rings. The predicted molar refractivity (Wildman–Crippen MR) is 137 cm³/mol. The number of hydrogen-bond donors (Lipinski definition) is 4. The van der Waals surface area contributed by atoms with E-state index in [0.717, 1.165) is 25.7 Å². The summed E-state index contributed by atoms with van der Waals surface area (Å²) in [6.07, 6.45) is 0.913. The topological polar surface area (TPSA) is 231 Å². The molecule has 0 unspecified atom stereocenters. The fourth-order valence-corrected chi connectivity index (χ4v) is 2.51. The SMILES string of the molecule is CC(C)(C)OC(=O)N[C@H](C(=O)O)C1CC1.CC(C)(C)OC(=O)OC(=O)OC(C)(C)C.N[C@H](C(=O)O)C1CC1.[Na+].[OH-]. The molecule has 0 radical (unpaired) electrons. The van der Waals surface area contributed by atoms with E-state index in [2.05, 4.69) is 10.1 Å². The van der Waals surface area contributed by atoms with E-state index < -0.39 is 59.2 Å². The summed E-state index contributed by atoms with van der Waals surface area (Å²) in [6, 6.07) is -1.41. The fraction of sp³-hybridized carbons (Fsp3) is 0.800. The number of carbonyl (C=O) groups excluding carboxylic acids is 3. The van der Waals surface area contributed by atoms with Gasteiger partial charge in [0.05, 0.1) is 0 Å². The molecule has 0 spiro atoms. The maximum Gasteiger partial charge on any atom is 1.00 e. The van der Waals surface area contributed by atoms with Crippen molar-refractivity contribution in [2.24, 2.45) is 17.6 Å². The summed E-state index contributed by atoms with van der Waals surface area (Å²) in [5, 5.41) is 19.5. The van der Waals surface area contributed by atoms with Crippen molar-refractivity contribution in [2.75, 3.05) is 0 Å². The minimum atomic E-state index is -1.06. The van der Waals surface area contributed by atoms with Crippen LogP contribution in [-0.4, -0.2) is 74.9 Å². The van der Waals surface area contributed by atoms with Gasteiger partial charge in [-0.15, -0.1) is 0 Å². The summed E-state index contributed by atoms with van der Waals surface area (Å²) in [5.74, 6) is -1.53. The molecule has 0 aliphatic heterocycles. The summed E-state index contributed by atoms with van der Waals surface area (Å²) in [7, 11) is 0. The molecular weight excluding hydrogens is 543 g/mol. The fourth-order valence-electron chi connectivity index (χ4n) is 2.51. The summed E-state index contributed by atoms with van der Waals surface area (Å²) >= 11 is 0. The van der Waals surface area contributed by atoms with Gasteiger partial charge in [0.15, 0.2) is 0 Å². The first-order chi connectivity index (χ1) is 17.0. The van der Waals surface area contributed by atoms with Gasteiger partial charge in [-0.25, -0.2) is 19.2 Å². The van der Waals surface area contributed by atoms with E-state index in [9.17, 15) is 24.0 Å². The van der Waals surface area contributed by atoms with Gasteiger partial charge in [0.1, 0.15) is 28.9 Å². The summed E-state index contributed by atoms with van der Waals surface area (Å²) in [6.45, 7) is 15.2. The molecule has 0 aromatic carbocycles. The Morgan fingerprint density at radius 2 is 1.05 bits per heavy atom. The third kappa shape index (κ3) is 23.7. The van der Waals surface area contributed by atoms with Crippen molar-refractivity contribution in [3.05, 3.63) is 0 Å². The van der Waals surface area contributed by atoms with Crippen LogP contribution in [0.15, 0.2) is 0 Å². The first kappa shape index (κ1) is 42.3. The summed E-state index contributed by atoms with van der Waals surface area (Å²) < 4.78 is 18.8. The molecule has 2 atom stereocenters. The third-order valence-corrected chi connectivity index (χ3v) is 4.39. The van der Waals surface area contributed by atoms with Gasteiger partial charge in [0.2, 0.25) is 0 Å². The maximum atomic E-state index is 11.3. The average Bonchev–Trinajstić information content (AvgIpc) is 3.55. The van der Waals surface area contributed by atoms with Gasteiger partial charge in [-0.1, -0.05) is 0 Å². The van der Waals surface area contributed by atoms with Crippen LogP contribution in [0.4, 0.5) is 14.4 Å². The molecule has 0 aromatic rings. The Labute approximate surface area is 257 Å². The number of carboxylic acids is 2. The number of hydrogen-bond acceptors (Lipinski definition) is 11. The van der Waals surface area contributed by atoms with Crippen LogP contribution in [0.5, 0.6) is 0 Å². The van der Waals surface area contributed by atoms with Crippen LogP contribution >= 0.6 is 0 Å². The van der Waals surface area contributed by atoms with E-state index in [-0.39, 0.29) is 46.9 Å². The Morgan fingerprint density at radius 1 is 0.700 bits per heavy atom. The van der Waals surface area contributed by atoms with Crippen LogP contribution in [0.1, 0.15) is 88.0 Å². The van der Waals surface area contributed by atoms with Crippen molar-refractivity contribution in [3.8, 4) is 0 Å². The Kier molecular flexibility index (Phi) is 18.7. The first-order valence-electron chi connectivity index (χ1n) is 12.3. The van der Waals surface area contributed by atoms with Crippen molar-refractivity contribution in [3.63, 3.8) is 0 Å². The zero-order valence-corrected chi connectivity index (χ0v) is 27.2. The number of alkyl carbamates (subject to hydrolysis) is 1. The number of amides is 1. The molecule has 0 saturated heterocycles. The Balaban J connectivity index is -0.000000522. The zero-order chi connectivity index (χ0) is 30.1. The molecule has 2 rings (SSSR count). The van der Waals surface area contributed by atoms with Crippen molar-refractivity contribution in [1.29, 1.82) is 0 Å². The van der Waals surface area contributed by atoms with E-state index >= 15 is 0 Å². The number of carbonyl (C=O) groups is 5. The van der Waals surface area contributed by atoms with Crippen LogP contribution in [0.25, 0.3) is 0 Å². The van der Waals surface area contributed by atoms with Gasteiger partial charge >= 0.3 is 59.9 Å². The first-order valence-corrected chi connectivity index (χ1v) is 12.3. The minimum absolute atomic E-state index is 0. The van der Waals surface area contributed by atoms with Gasteiger partial charge < -0.3 is 45.7 Å². The van der Waals surface area contributed by atoms with E-state index in [1.165, 1.54) is 0 Å². The number of aliphatic carboxylic acids is 2. The quantitative estimate of drug-likeness (QED) is 0.151. The molecule has 0 bridgehead atoms. The molecule has 14 nitrogen and oxygen atoms in total. The van der Waals surface area contributed by atoms with Crippen molar-refractivity contribution < 1.29 is 88.2 Å². The molecule has 40 heavy (non-hydrogen) atoms. The zero-order valence-electron chi connectivity index (χ0n) is 25.2. The Hall–Kier alpha value is -2.13. The normalized spacial score (nSPS) is 15.8. The van der Waals surface area contributed by atoms with Crippen LogP contribution in [-0.2, 0) is 28.5 Å². The predicted octanol–water partition coefficient (Wildman–Crippen LogP) is 0.883. The van der Waals surface area contributed by atoms with Crippen LogP contribution in [0.3, 0.4) is 0 Å². The number of nitrogens with one attached hydrogen (secondary N) is 1. The third-order valence-electron chi connectivity index (χ3n) is 4.39. The maximum absolute atomic E-state index is 11.3. The monoisotopic (exact) mass is 588 g/mol. The number of ether oxygens (including phenoxy) is 4. The van der Waals surface area contributed by atoms with Gasteiger partial charge in [-0.2, -0.15) is 0 Å². The largest absolute Gasteiger partial charge is 1.00 e. The standard InChI is InChI=1S/C10H17NO4.C10H18O5.C5H9NO2.Na.H2O/c1-10(2,3)15-9(14)11-7(8(12)13)6-4-5-6;1-9(2,3)14-7(11)13-8(12)15-10(4,5)6;6-4(5(7)8)3-1-2-3;;/h6-7H,4-5H2,1-3H3,(H,11,14)(H,12,13);1-6H3;3-4H,1-2,6H2,(H,7,8);;1H2/q;;;+1;/p-1/t7-;;4-;;/m0.0../s1. The second-order valence-electron chi connectivity index (χ2n) is 12.0. The second-order valence-corrected chi connectivity index (χ2v) is 12.0. The van der Waals surface area contributed by atoms with E-state index in [1.807, 2.05) is 0 Å². The minimum Gasteiger partial charge on any atom is -0.870 e. The molecule has 0 aromatic heterocycles. The second kappa shape index (κ2) is 17.6. The van der Waals surface area contributed by atoms with Gasteiger partial charge in [-0.05, 0) is 99.8 Å². The van der Waals surface area contributed by atoms with Crippen LogP contribution < -0.4 is 40.6 Å². The Morgan fingerprint density at radius 3 is 1.27 bits per heavy atom. The van der Waals surface area contributed by atoms with E-state index in [0.29, 0.717) is 0 Å². The van der Waals surface area contributed by atoms with Crippen LogP contribution in [0.2, 0.25) is 0 Å². The molecule has 1 amide bonds. The van der Waals surface area contributed by atoms with Gasteiger partial charge in [0.25, 0.3) is 0 Å². The molecule has 2 aliphatic carbocycles. The van der Waals surface area contributed by atoms with Gasteiger partial charge in [-0.3, -0.25) is 4.79 Å². The van der Waals surface area contributed by atoms with Crippen molar-refractivity contribution in [2.45, 2.75) is 117 Å². The van der Waals surface area contributed by atoms with E-state index in [1.54, 1.807) is 62.3 Å². The molecule has 2 saturated carbocycles. The smallest absolute Gasteiger partial charge is 0.870 e. The molecule has 2 fully saturated rings. The summed E-state index contributed by atoms with van der Waals surface area (Å²) in [4.78, 5) is 54.2. The number of rotatable bonds is 5. The van der Waals surface area contributed by atoms with Crippen LogP contribution in [0, 0.1) is 11.8 Å². The number of nitrogens with two attached hydrogens (primary N) is 1. The van der Waals surface area contributed by atoms with Crippen molar-refractivity contribution in [1.82, 2.24) is 5.32 Å².